The lowest BCUT2D eigenvalue weighted by Crippen LogP contribution is -2.31. The molecule has 0 fully saturated rings. The van der Waals surface area contributed by atoms with Crippen LogP contribution < -0.4 is 10.1 Å². The highest BCUT2D eigenvalue weighted by molar-refractivity contribution is 5.82. The fourth-order valence-corrected chi connectivity index (χ4v) is 6.73. The first kappa shape index (κ1) is 115. The summed E-state index contributed by atoms with van der Waals surface area (Å²) < 4.78 is 59.4. The Morgan fingerprint density at radius 1 is 0.439 bits per heavy atom. The van der Waals surface area contributed by atoms with Crippen molar-refractivity contribution in [2.45, 2.75) is 221 Å². The smallest absolute Gasteiger partial charge is 0.407 e. The molecule has 1 N–H and O–H groups in total. The second kappa shape index (κ2) is 75.3. The van der Waals surface area contributed by atoms with Crippen molar-refractivity contribution in [1.82, 2.24) is 5.32 Å². The highest BCUT2D eigenvalue weighted by Crippen LogP contribution is 2.23. The van der Waals surface area contributed by atoms with Gasteiger partial charge in [-0.25, -0.2) is 14.4 Å². The van der Waals surface area contributed by atoms with E-state index in [-0.39, 0.29) is 156 Å². The van der Waals surface area contributed by atoms with Gasteiger partial charge in [-0.2, -0.15) is 21.0 Å². The minimum Gasteiger partial charge on any atom is -0.491 e. The molecular formula is C87H135N5O22. The molecule has 0 spiro atoms. The maximum absolute atomic E-state index is 11.6. The number of benzene rings is 2. The Morgan fingerprint density at radius 2 is 0.833 bits per heavy atom. The number of ether oxygens (including phenoxy) is 12. The van der Waals surface area contributed by atoms with Crippen molar-refractivity contribution >= 4 is 65.9 Å². The van der Waals surface area contributed by atoms with Crippen LogP contribution in [0.5, 0.6) is 5.75 Å². The second-order valence-corrected chi connectivity index (χ2v) is 26.7. The molecule has 114 heavy (non-hydrogen) atoms. The van der Waals surface area contributed by atoms with Gasteiger partial charge in [0.15, 0.2) is 0 Å². The van der Waals surface area contributed by atoms with E-state index in [0.717, 1.165) is 80.4 Å². The van der Waals surface area contributed by atoms with Crippen molar-refractivity contribution < 1.29 is 105 Å². The highest BCUT2D eigenvalue weighted by atomic mass is 16.6. The normalized spacial score (nSPS) is 11.7. The van der Waals surface area contributed by atoms with Gasteiger partial charge < -0.3 is 62.2 Å². The Kier molecular flexibility index (Phi) is 75.6. The molecule has 27 nitrogen and oxygen atoms in total. The lowest BCUT2D eigenvalue weighted by molar-refractivity contribution is -0.155. The maximum Gasteiger partial charge on any atom is 0.407 e. The second-order valence-electron chi connectivity index (χ2n) is 26.7. The summed E-state index contributed by atoms with van der Waals surface area (Å²) in [5, 5.41) is 35.5. The summed E-state index contributed by atoms with van der Waals surface area (Å²) in [6.07, 6.45) is 13.5. The third-order valence-corrected chi connectivity index (χ3v) is 16.5. The Balaban J connectivity index is -0.000000295. The lowest BCUT2D eigenvalue weighted by Gasteiger charge is -2.20. The number of esters is 9. The molecule has 0 aliphatic heterocycles. The number of amides is 1. The van der Waals surface area contributed by atoms with Crippen LogP contribution in [-0.2, 0) is 102 Å². The van der Waals surface area contributed by atoms with Gasteiger partial charge in [0.05, 0.1) is 109 Å². The Labute approximate surface area is 680 Å². The number of hydrogen-bond donors (Lipinski definition) is 1. The summed E-state index contributed by atoms with van der Waals surface area (Å²) in [5.41, 5.74) is 1.75. The van der Waals surface area contributed by atoms with Crippen LogP contribution >= 0.6 is 0 Å². The van der Waals surface area contributed by atoms with E-state index in [4.69, 9.17) is 68.4 Å². The highest BCUT2D eigenvalue weighted by Gasteiger charge is 2.28. The molecule has 0 saturated heterocycles. The summed E-state index contributed by atoms with van der Waals surface area (Å²) in [6, 6.07) is 22.7. The van der Waals surface area contributed by atoms with Crippen LogP contribution in [0, 0.1) is 91.7 Å². The van der Waals surface area contributed by atoms with Gasteiger partial charge in [-0.1, -0.05) is 166 Å². The van der Waals surface area contributed by atoms with E-state index < -0.39 is 28.9 Å². The number of rotatable bonds is 44. The average molecular weight is 1600 g/mol. The molecule has 1 amide bonds. The van der Waals surface area contributed by atoms with Gasteiger partial charge in [0, 0.05) is 12.2 Å². The van der Waals surface area contributed by atoms with E-state index in [1.807, 2.05) is 132 Å². The maximum atomic E-state index is 11.6. The van der Waals surface area contributed by atoms with Crippen molar-refractivity contribution in [3.8, 4) is 30.0 Å². The molecular weight excluding hydrogens is 1470 g/mol. The summed E-state index contributed by atoms with van der Waals surface area (Å²) in [6.45, 7) is 52.8. The van der Waals surface area contributed by atoms with Gasteiger partial charge in [-0.05, 0) is 127 Å². The molecule has 2 aromatic carbocycles. The Morgan fingerprint density at radius 3 is 1.23 bits per heavy atom. The molecule has 0 aliphatic rings. The zero-order chi connectivity index (χ0) is 88.3. The number of carbonyl (C=O) groups excluding carboxylic acids is 10. The summed E-state index contributed by atoms with van der Waals surface area (Å²) in [7, 11) is 0. The fraction of sp³-hybridized carbons (Fsp3) is 0.609. The number of nitrogens with one attached hydrogen (secondary N) is 1. The molecule has 27 heteroatoms. The van der Waals surface area contributed by atoms with Crippen LogP contribution in [0.25, 0.3) is 6.08 Å². The molecule has 640 valence electrons. The minimum absolute atomic E-state index is 0.00112. The molecule has 7 atom stereocenters. The number of carbonyl (C=O) groups is 10. The average Bonchev–Trinajstić information content (AvgIpc) is 0.918. The van der Waals surface area contributed by atoms with Crippen LogP contribution in [0.15, 0.2) is 93.1 Å². The SMILES string of the molecule is C=CC(=O)OCCNC(=O)OCCOC(=O)C(C)(C)CC.C=CC(=O)OCCOC(=O)C(C)CC.C=CCOC(=O)C(C)CC(C)CC.C=Cc1ccc(COC(=O)C(C)CC)cc1.CCC(C)(C)C(=O)OCCC#N.CCC(C)C(=O)OCCC#N.CCC(C)C(=O)OCCC#N.CCC(C)OCCOc1ccc(C#N)cc1. The first-order chi connectivity index (χ1) is 54.0. The quantitative estimate of drug-likeness (QED) is 0.0212. The number of nitriles is 4. The molecule has 0 radical (unpaired) electrons. The van der Waals surface area contributed by atoms with Crippen molar-refractivity contribution in [3.05, 3.63) is 110 Å². The third-order valence-electron chi connectivity index (χ3n) is 16.5. The third kappa shape index (κ3) is 67.3. The number of nitrogens with zero attached hydrogens (tertiary/aromatic N) is 4. The summed E-state index contributed by atoms with van der Waals surface area (Å²) in [5.74, 6) is -1.39. The van der Waals surface area contributed by atoms with E-state index in [1.54, 1.807) is 57.2 Å². The molecule has 2 rings (SSSR count). The van der Waals surface area contributed by atoms with Gasteiger partial charge in [-0.15, -0.1) is 0 Å². The molecule has 0 bridgehead atoms. The van der Waals surface area contributed by atoms with Crippen molar-refractivity contribution in [1.29, 1.82) is 21.0 Å². The van der Waals surface area contributed by atoms with Crippen LogP contribution in [0.2, 0.25) is 0 Å². The van der Waals surface area contributed by atoms with E-state index in [1.165, 1.54) is 0 Å². The van der Waals surface area contributed by atoms with Gasteiger partial charge in [0.2, 0.25) is 0 Å². The van der Waals surface area contributed by atoms with Crippen LogP contribution in [-0.4, -0.2) is 145 Å². The largest absolute Gasteiger partial charge is 0.491 e. The molecule has 0 heterocycles. The zero-order valence-corrected chi connectivity index (χ0v) is 71.7. The van der Waals surface area contributed by atoms with E-state index in [9.17, 15) is 47.9 Å². The summed E-state index contributed by atoms with van der Waals surface area (Å²) in [4.78, 5) is 111. The fourth-order valence-electron chi connectivity index (χ4n) is 6.73. The van der Waals surface area contributed by atoms with Crippen molar-refractivity contribution in [3.63, 3.8) is 0 Å². The van der Waals surface area contributed by atoms with Crippen molar-refractivity contribution in [2.24, 2.45) is 46.3 Å². The van der Waals surface area contributed by atoms with Gasteiger partial charge in [-0.3, -0.25) is 33.6 Å². The zero-order valence-electron chi connectivity index (χ0n) is 71.7. The van der Waals surface area contributed by atoms with Crippen LogP contribution in [0.1, 0.15) is 225 Å². The van der Waals surface area contributed by atoms with E-state index >= 15 is 0 Å². The van der Waals surface area contributed by atoms with E-state index in [0.29, 0.717) is 44.3 Å². The molecule has 0 aliphatic carbocycles. The topological polar surface area (TPSA) is 389 Å². The minimum atomic E-state index is -0.671. The first-order valence-corrected chi connectivity index (χ1v) is 38.8. The molecule has 0 aromatic heterocycles. The van der Waals surface area contributed by atoms with Crippen LogP contribution in [0.3, 0.4) is 0 Å². The predicted molar refractivity (Wildman–Crippen MR) is 436 cm³/mol. The van der Waals surface area contributed by atoms with Gasteiger partial charge >= 0.3 is 59.8 Å². The Hall–Kier alpha value is -10.4. The van der Waals surface area contributed by atoms with E-state index in [2.05, 4.69) is 67.9 Å². The first-order valence-electron chi connectivity index (χ1n) is 38.8. The number of hydrogen-bond acceptors (Lipinski definition) is 26. The van der Waals surface area contributed by atoms with Crippen molar-refractivity contribution in [2.75, 3.05) is 79.2 Å². The molecule has 7 unspecified atom stereocenters. The number of alkyl carbamates (subject to hydrolysis) is 1. The Bertz CT molecular complexity index is 3160. The lowest BCUT2D eigenvalue weighted by atomic mass is 9.91. The predicted octanol–water partition coefficient (Wildman–Crippen LogP) is 16.5. The van der Waals surface area contributed by atoms with Gasteiger partial charge in [0.1, 0.15) is 78.4 Å². The van der Waals surface area contributed by atoms with Crippen LogP contribution in [0.4, 0.5) is 4.79 Å². The van der Waals surface area contributed by atoms with Gasteiger partial charge in [0.25, 0.3) is 0 Å². The molecule has 2 aromatic rings. The monoisotopic (exact) mass is 1600 g/mol. The summed E-state index contributed by atoms with van der Waals surface area (Å²) >= 11 is 0. The standard InChI is InChI=1S/C14H23NO6.C14H18O2.C13H17NO2.C11H20O2.C10H16O4.C9H15NO2.2C8H13NO2/c1-5-11(16)19-8-7-15-13(18)21-10-9-20-12(17)14(3,4)6-2;1-4-11(3)14(15)16-10-13-8-6-12(5-2)7-9-13;1-3-11(2)15-8-9-16-13-6-4-12(10-14)5-7-13;1-5-7-13-11(12)10(4)8-9(3)6-2;1-4-8(3)10(12)14-7-6-13-9(11)5-2;1-4-9(2,3)8(11)12-7-5-6-10;2*1-3-7(2)8(10)11-6-4-5-9/h5H,1,6-10H2,2-4H3,(H,15,18);5-9,11H,2,4,10H2,1,3H3;4-7,11H,3,8-9H2,1-2H3;5,9-10H,1,6-8H2,2-4H3;5,8H,2,4,6-7H2,1,3H3;4-5,7H2,1-3H3;2*7H,3-4,6H2,1-2H3. The molecule has 0 saturated carbocycles.